The van der Waals surface area contributed by atoms with Gasteiger partial charge in [0.1, 0.15) is 17.0 Å². The van der Waals surface area contributed by atoms with Crippen LogP contribution in [0, 0.1) is 17.0 Å². The summed E-state index contributed by atoms with van der Waals surface area (Å²) in [5.74, 6) is -1.20. The molecule has 0 saturated carbocycles. The minimum Gasteiger partial charge on any atom is -0.481 e. The second-order valence-electron chi connectivity index (χ2n) is 8.57. The van der Waals surface area contributed by atoms with E-state index >= 15 is 0 Å². The lowest BCUT2D eigenvalue weighted by molar-refractivity contribution is -0.236. The standard InChI is InChI=1S/C25H21F2N5O4/c1-25(23(33)34)12-35-22(36-13-25)21-31-19(14-2-4-15(26)5-3-14)20(32-21)18-10-11-28-24(30-18)29-17-8-6-16(27)7-9-17/h2-11,22H,12-13H2,1H3,(H,31,32)(H,33,34)(H,28,29,30). The average Bonchev–Trinajstić information content (AvgIpc) is 3.32. The molecule has 2 aromatic heterocycles. The van der Waals surface area contributed by atoms with Crippen molar-refractivity contribution in [2.24, 2.45) is 5.41 Å². The predicted octanol–water partition coefficient (Wildman–Crippen LogP) is 4.69. The van der Waals surface area contributed by atoms with Gasteiger partial charge in [-0.15, -0.1) is 0 Å². The number of aromatic nitrogens is 4. The molecule has 0 spiro atoms. The first-order chi connectivity index (χ1) is 17.3. The molecule has 3 heterocycles. The highest BCUT2D eigenvalue weighted by Gasteiger charge is 2.41. The van der Waals surface area contributed by atoms with E-state index in [1.807, 2.05) is 0 Å². The summed E-state index contributed by atoms with van der Waals surface area (Å²) >= 11 is 0. The predicted molar refractivity (Wildman–Crippen MR) is 125 cm³/mol. The maximum absolute atomic E-state index is 13.6. The van der Waals surface area contributed by atoms with E-state index in [-0.39, 0.29) is 25.0 Å². The number of aromatic amines is 1. The number of halogens is 2. The minimum atomic E-state index is -1.17. The van der Waals surface area contributed by atoms with E-state index < -0.39 is 23.5 Å². The summed E-state index contributed by atoms with van der Waals surface area (Å²) in [7, 11) is 0. The highest BCUT2D eigenvalue weighted by Crippen LogP contribution is 2.35. The summed E-state index contributed by atoms with van der Waals surface area (Å²) < 4.78 is 38.2. The number of aliphatic carboxylic acids is 1. The lowest BCUT2D eigenvalue weighted by atomic mass is 9.92. The zero-order valence-corrected chi connectivity index (χ0v) is 19.0. The normalized spacial score (nSPS) is 19.7. The number of benzene rings is 2. The number of anilines is 2. The van der Waals surface area contributed by atoms with E-state index in [0.717, 1.165) is 0 Å². The van der Waals surface area contributed by atoms with Gasteiger partial charge in [0.05, 0.1) is 30.3 Å². The van der Waals surface area contributed by atoms with Crippen LogP contribution in [0.15, 0.2) is 60.8 Å². The molecule has 1 fully saturated rings. The summed E-state index contributed by atoms with van der Waals surface area (Å²) in [6.45, 7) is 1.42. The first-order valence-corrected chi connectivity index (χ1v) is 11.0. The molecule has 11 heteroatoms. The molecule has 0 unspecified atom stereocenters. The zero-order chi connectivity index (χ0) is 25.3. The molecule has 0 aliphatic carbocycles. The number of carboxylic acids is 1. The molecule has 2 aromatic carbocycles. The second kappa shape index (κ2) is 9.44. The molecule has 3 N–H and O–H groups in total. The second-order valence-corrected chi connectivity index (χ2v) is 8.57. The van der Waals surface area contributed by atoms with Crippen molar-refractivity contribution < 1.29 is 28.2 Å². The molecular weight excluding hydrogens is 472 g/mol. The first kappa shape index (κ1) is 23.5. The molecule has 1 aliphatic rings. The molecule has 1 saturated heterocycles. The van der Waals surface area contributed by atoms with Crippen molar-refractivity contribution in [1.82, 2.24) is 19.9 Å². The third-order valence-corrected chi connectivity index (χ3v) is 5.70. The van der Waals surface area contributed by atoms with Crippen molar-refractivity contribution >= 4 is 17.6 Å². The Bertz CT molecular complexity index is 1380. The molecule has 4 aromatic rings. The van der Waals surface area contributed by atoms with Crippen LogP contribution in [0.1, 0.15) is 19.0 Å². The summed E-state index contributed by atoms with van der Waals surface area (Å²) in [5.41, 5.74) is 1.49. The Hall–Kier alpha value is -4.22. The van der Waals surface area contributed by atoms with Crippen LogP contribution >= 0.6 is 0 Å². The van der Waals surface area contributed by atoms with Crippen molar-refractivity contribution in [3.05, 3.63) is 78.3 Å². The molecule has 0 amide bonds. The Morgan fingerprint density at radius 3 is 2.31 bits per heavy atom. The van der Waals surface area contributed by atoms with Gasteiger partial charge in [0, 0.05) is 17.4 Å². The number of imidazole rings is 1. The maximum atomic E-state index is 13.6. The van der Waals surface area contributed by atoms with E-state index in [4.69, 9.17) is 9.47 Å². The molecule has 184 valence electrons. The monoisotopic (exact) mass is 493 g/mol. The highest BCUT2D eigenvalue weighted by atomic mass is 19.1. The van der Waals surface area contributed by atoms with Gasteiger partial charge < -0.3 is 24.9 Å². The molecular formula is C25H21F2N5O4. The SMILES string of the molecule is CC1(C(=O)O)COC(c2nc(-c3ccc(F)cc3)c(-c3ccnc(Nc4ccc(F)cc4)n3)[nH]2)OC1. The first-order valence-electron chi connectivity index (χ1n) is 11.0. The summed E-state index contributed by atoms with van der Waals surface area (Å²) in [4.78, 5) is 28.1. The number of carbonyl (C=O) groups is 1. The van der Waals surface area contributed by atoms with Gasteiger partial charge in [-0.2, -0.15) is 0 Å². The number of hydrogen-bond donors (Lipinski definition) is 3. The van der Waals surface area contributed by atoms with Gasteiger partial charge in [-0.05, 0) is 61.5 Å². The number of rotatable bonds is 6. The van der Waals surface area contributed by atoms with Gasteiger partial charge in [0.25, 0.3) is 0 Å². The van der Waals surface area contributed by atoms with Crippen LogP contribution in [-0.2, 0) is 14.3 Å². The Morgan fingerprint density at radius 2 is 1.67 bits per heavy atom. The minimum absolute atomic E-state index is 0.0613. The van der Waals surface area contributed by atoms with Crippen molar-refractivity contribution in [3.63, 3.8) is 0 Å². The molecule has 9 nitrogen and oxygen atoms in total. The van der Waals surface area contributed by atoms with Gasteiger partial charge in [0.15, 0.2) is 5.82 Å². The topological polar surface area (TPSA) is 122 Å². The molecule has 36 heavy (non-hydrogen) atoms. The third-order valence-electron chi connectivity index (χ3n) is 5.70. The number of carboxylic acid groups (broad SMARTS) is 1. The molecule has 5 rings (SSSR count). The zero-order valence-electron chi connectivity index (χ0n) is 19.0. The van der Waals surface area contributed by atoms with Crippen LogP contribution in [0.2, 0.25) is 0 Å². The fourth-order valence-electron chi connectivity index (χ4n) is 3.62. The summed E-state index contributed by atoms with van der Waals surface area (Å²) in [5, 5.41) is 12.4. The molecule has 1 aliphatic heterocycles. The van der Waals surface area contributed by atoms with Gasteiger partial charge in [-0.25, -0.2) is 23.7 Å². The van der Waals surface area contributed by atoms with Crippen LogP contribution in [0.5, 0.6) is 0 Å². The molecule has 0 radical (unpaired) electrons. The van der Waals surface area contributed by atoms with E-state index in [9.17, 15) is 18.7 Å². The highest BCUT2D eigenvalue weighted by molar-refractivity contribution is 5.77. The van der Waals surface area contributed by atoms with Gasteiger partial charge >= 0.3 is 5.97 Å². The van der Waals surface area contributed by atoms with E-state index in [0.29, 0.717) is 34.2 Å². The largest absolute Gasteiger partial charge is 0.481 e. The quantitative estimate of drug-likeness (QED) is 0.354. The van der Waals surface area contributed by atoms with E-state index in [2.05, 4.69) is 25.3 Å². The lowest BCUT2D eigenvalue weighted by Crippen LogP contribution is -2.42. The Kier molecular flexibility index (Phi) is 6.17. The lowest BCUT2D eigenvalue weighted by Gasteiger charge is -2.33. The average molecular weight is 493 g/mol. The Morgan fingerprint density at radius 1 is 1.03 bits per heavy atom. The van der Waals surface area contributed by atoms with Crippen LogP contribution < -0.4 is 5.32 Å². The van der Waals surface area contributed by atoms with Crippen molar-refractivity contribution in [3.8, 4) is 22.6 Å². The van der Waals surface area contributed by atoms with E-state index in [1.165, 1.54) is 24.3 Å². The van der Waals surface area contributed by atoms with Gasteiger partial charge in [-0.1, -0.05) is 0 Å². The van der Waals surface area contributed by atoms with E-state index in [1.54, 1.807) is 43.5 Å². The number of hydrogen-bond acceptors (Lipinski definition) is 7. The van der Waals surface area contributed by atoms with Crippen molar-refractivity contribution in [2.75, 3.05) is 18.5 Å². The van der Waals surface area contributed by atoms with Crippen molar-refractivity contribution in [1.29, 1.82) is 0 Å². The van der Waals surface area contributed by atoms with Crippen LogP contribution in [0.25, 0.3) is 22.6 Å². The Labute approximate surface area is 204 Å². The fraction of sp³-hybridized carbons (Fsp3) is 0.200. The van der Waals surface area contributed by atoms with Crippen LogP contribution in [-0.4, -0.2) is 44.2 Å². The van der Waals surface area contributed by atoms with Crippen molar-refractivity contribution in [2.45, 2.75) is 13.2 Å². The van der Waals surface area contributed by atoms with Crippen LogP contribution in [0.3, 0.4) is 0 Å². The maximum Gasteiger partial charge on any atom is 0.314 e. The van der Waals surface area contributed by atoms with Gasteiger partial charge in [-0.3, -0.25) is 4.79 Å². The van der Waals surface area contributed by atoms with Gasteiger partial charge in [0.2, 0.25) is 12.2 Å². The Balaban J connectivity index is 1.49. The number of nitrogens with zero attached hydrogens (tertiary/aromatic N) is 3. The summed E-state index contributed by atoms with van der Waals surface area (Å²) in [6.07, 6.45) is 0.624. The van der Waals surface area contributed by atoms with Crippen LogP contribution in [0.4, 0.5) is 20.4 Å². The molecule has 0 atom stereocenters. The fourth-order valence-corrected chi connectivity index (χ4v) is 3.62. The third kappa shape index (κ3) is 4.79. The summed E-state index contributed by atoms with van der Waals surface area (Å²) in [6, 6.07) is 13.2. The molecule has 0 bridgehead atoms. The number of ether oxygens (including phenoxy) is 2. The number of nitrogens with one attached hydrogen (secondary N) is 2. The smallest absolute Gasteiger partial charge is 0.314 e. The number of H-pyrrole nitrogens is 1.